The van der Waals surface area contributed by atoms with Gasteiger partial charge in [0.25, 0.3) is 0 Å². The van der Waals surface area contributed by atoms with E-state index in [-0.39, 0.29) is 23.7 Å². The number of hydrogen-bond donors (Lipinski definition) is 2. The topological polar surface area (TPSA) is 119 Å². The summed E-state index contributed by atoms with van der Waals surface area (Å²) in [6, 6.07) is 16.2. The fraction of sp³-hybridized carbons (Fsp3) is 0.231. The average Bonchev–Trinajstić information content (AvgIpc) is 2.84. The number of anilines is 2. The van der Waals surface area contributed by atoms with Gasteiger partial charge in [-0.3, -0.25) is 9.59 Å². The Morgan fingerprint density at radius 1 is 0.676 bits per heavy atom. The van der Waals surface area contributed by atoms with E-state index in [1.54, 1.807) is 48.5 Å². The van der Waals surface area contributed by atoms with Gasteiger partial charge in [0.15, 0.2) is 0 Å². The van der Waals surface area contributed by atoms with Gasteiger partial charge >= 0.3 is 11.3 Å². The van der Waals surface area contributed by atoms with Crippen LogP contribution in [0.25, 0.3) is 21.9 Å². The van der Waals surface area contributed by atoms with E-state index in [1.165, 1.54) is 12.1 Å². The molecule has 2 aromatic heterocycles. The molecule has 2 aromatic carbocycles. The molecule has 8 nitrogen and oxygen atoms in total. The predicted molar refractivity (Wildman–Crippen MR) is 128 cm³/mol. The van der Waals surface area contributed by atoms with Gasteiger partial charge in [0.05, 0.1) is 0 Å². The third-order valence-corrected chi connectivity index (χ3v) is 6.19. The summed E-state index contributed by atoms with van der Waals surface area (Å²) in [4.78, 5) is 48.5. The first-order valence-electron chi connectivity index (χ1n) is 11.1. The fourth-order valence-corrected chi connectivity index (χ4v) is 4.45. The van der Waals surface area contributed by atoms with Crippen molar-refractivity contribution in [2.45, 2.75) is 25.7 Å². The number of fused-ring (bicyclic) bond motifs is 2. The van der Waals surface area contributed by atoms with Crippen molar-refractivity contribution >= 4 is 45.1 Å². The van der Waals surface area contributed by atoms with Crippen LogP contribution in [0.2, 0.25) is 0 Å². The molecule has 0 aliphatic heterocycles. The lowest BCUT2D eigenvalue weighted by molar-refractivity contribution is -0.124. The molecule has 2 heterocycles. The van der Waals surface area contributed by atoms with Crippen LogP contribution in [0.15, 0.2) is 79.1 Å². The van der Waals surface area contributed by atoms with Crippen LogP contribution in [0, 0.1) is 11.8 Å². The van der Waals surface area contributed by atoms with Gasteiger partial charge in [-0.15, -0.1) is 0 Å². The summed E-state index contributed by atoms with van der Waals surface area (Å²) in [6.07, 6.45) is 2.67. The van der Waals surface area contributed by atoms with Crippen molar-refractivity contribution in [1.82, 2.24) is 0 Å². The first-order valence-corrected chi connectivity index (χ1v) is 11.1. The maximum Gasteiger partial charge on any atom is 0.336 e. The van der Waals surface area contributed by atoms with Crippen molar-refractivity contribution in [1.29, 1.82) is 0 Å². The van der Waals surface area contributed by atoms with Crippen LogP contribution in [0.5, 0.6) is 0 Å². The molecule has 4 aromatic rings. The van der Waals surface area contributed by atoms with Crippen LogP contribution in [0.1, 0.15) is 25.7 Å². The lowest BCUT2D eigenvalue weighted by atomic mass is 9.80. The molecule has 0 radical (unpaired) electrons. The Morgan fingerprint density at radius 2 is 1.15 bits per heavy atom. The molecule has 1 aliphatic rings. The quantitative estimate of drug-likeness (QED) is 0.441. The van der Waals surface area contributed by atoms with E-state index < -0.39 is 11.3 Å². The van der Waals surface area contributed by atoms with Crippen molar-refractivity contribution in [2.24, 2.45) is 11.8 Å². The van der Waals surface area contributed by atoms with Crippen molar-refractivity contribution in [3.8, 4) is 0 Å². The molecule has 5 rings (SSSR count). The smallest absolute Gasteiger partial charge is 0.336 e. The van der Waals surface area contributed by atoms with Crippen LogP contribution in [-0.2, 0) is 9.59 Å². The number of rotatable bonds is 4. The van der Waals surface area contributed by atoms with Gasteiger partial charge in [-0.25, -0.2) is 9.59 Å². The van der Waals surface area contributed by atoms with Gasteiger partial charge in [-0.1, -0.05) is 6.42 Å². The van der Waals surface area contributed by atoms with Gasteiger partial charge in [-0.2, -0.15) is 0 Å². The summed E-state index contributed by atoms with van der Waals surface area (Å²) in [7, 11) is 0. The van der Waals surface area contributed by atoms with Gasteiger partial charge < -0.3 is 19.5 Å². The summed E-state index contributed by atoms with van der Waals surface area (Å²) >= 11 is 0. The zero-order valence-corrected chi connectivity index (χ0v) is 18.2. The maximum absolute atomic E-state index is 12.9. The Labute approximate surface area is 193 Å². The minimum atomic E-state index is -0.425. The average molecular weight is 458 g/mol. The van der Waals surface area contributed by atoms with Crippen molar-refractivity contribution in [3.63, 3.8) is 0 Å². The molecule has 2 N–H and O–H groups in total. The molecule has 8 heteroatoms. The highest BCUT2D eigenvalue weighted by Crippen LogP contribution is 2.31. The second kappa shape index (κ2) is 8.97. The summed E-state index contributed by atoms with van der Waals surface area (Å²) in [5.74, 6) is -0.815. The Kier molecular flexibility index (Phi) is 5.71. The van der Waals surface area contributed by atoms with Gasteiger partial charge in [0.2, 0.25) is 11.8 Å². The molecule has 2 atom stereocenters. The van der Waals surface area contributed by atoms with Crippen molar-refractivity contribution < 1.29 is 18.4 Å². The monoisotopic (exact) mass is 458 g/mol. The maximum atomic E-state index is 12.9. The fourth-order valence-electron chi connectivity index (χ4n) is 4.45. The highest BCUT2D eigenvalue weighted by Gasteiger charge is 2.31. The van der Waals surface area contributed by atoms with E-state index in [0.29, 0.717) is 52.6 Å². The Balaban J connectivity index is 1.24. The number of carbonyl (C=O) groups excluding carboxylic acids is 2. The molecular formula is C26H22N2O6. The molecule has 172 valence electrons. The second-order valence-electron chi connectivity index (χ2n) is 8.55. The highest BCUT2D eigenvalue weighted by atomic mass is 16.4. The number of nitrogens with one attached hydrogen (secondary N) is 2. The van der Waals surface area contributed by atoms with Crippen LogP contribution in [0.3, 0.4) is 0 Å². The zero-order valence-electron chi connectivity index (χ0n) is 18.2. The third kappa shape index (κ3) is 4.61. The number of amides is 2. The molecule has 1 saturated carbocycles. The van der Waals surface area contributed by atoms with E-state index in [4.69, 9.17) is 8.83 Å². The molecule has 2 unspecified atom stereocenters. The third-order valence-electron chi connectivity index (χ3n) is 6.19. The summed E-state index contributed by atoms with van der Waals surface area (Å²) < 4.78 is 10.2. The molecule has 1 aliphatic carbocycles. The molecular weight excluding hydrogens is 436 g/mol. The van der Waals surface area contributed by atoms with Crippen LogP contribution < -0.4 is 21.9 Å². The lowest BCUT2D eigenvalue weighted by Crippen LogP contribution is -2.33. The summed E-state index contributed by atoms with van der Waals surface area (Å²) in [5.41, 5.74) is 1.28. The molecule has 0 saturated heterocycles. The minimum absolute atomic E-state index is 0.130. The van der Waals surface area contributed by atoms with E-state index >= 15 is 0 Å². The first kappa shape index (κ1) is 21.6. The standard InChI is InChI=1S/C26H22N2O6/c29-23-10-4-15-13-19(6-8-21(15)33-23)27-25(31)17-2-1-3-18(12-17)26(32)28-20-7-9-22-16(14-20)5-11-24(30)34-22/h4-11,13-14,17-18H,1-3,12H2,(H,27,31)(H,28,32). The predicted octanol–water partition coefficient (Wildman–Crippen LogP) is 4.28. The van der Waals surface area contributed by atoms with Gasteiger partial charge in [0.1, 0.15) is 11.2 Å². The lowest BCUT2D eigenvalue weighted by Gasteiger charge is -2.27. The molecule has 0 bridgehead atoms. The minimum Gasteiger partial charge on any atom is -0.423 e. The van der Waals surface area contributed by atoms with Gasteiger partial charge in [0, 0.05) is 46.1 Å². The van der Waals surface area contributed by atoms with Crippen LogP contribution in [0.4, 0.5) is 11.4 Å². The number of hydrogen-bond acceptors (Lipinski definition) is 6. The van der Waals surface area contributed by atoms with E-state index in [9.17, 15) is 19.2 Å². The second-order valence-corrected chi connectivity index (χ2v) is 8.55. The summed E-state index contributed by atoms with van der Waals surface area (Å²) in [6.45, 7) is 0. The van der Waals surface area contributed by atoms with E-state index in [2.05, 4.69) is 10.6 Å². The number of carbonyl (C=O) groups is 2. The van der Waals surface area contributed by atoms with Crippen molar-refractivity contribution in [2.75, 3.05) is 10.6 Å². The molecule has 2 amide bonds. The van der Waals surface area contributed by atoms with Crippen molar-refractivity contribution in [3.05, 3.63) is 81.5 Å². The Bertz CT molecular complexity index is 1410. The first-order chi connectivity index (χ1) is 16.4. The zero-order chi connectivity index (χ0) is 23.7. The largest absolute Gasteiger partial charge is 0.423 e. The Morgan fingerprint density at radius 3 is 1.62 bits per heavy atom. The SMILES string of the molecule is O=C(Nc1ccc2oc(=O)ccc2c1)C1CCCC(C(=O)Nc2ccc3oc(=O)ccc3c2)C1. The molecule has 1 fully saturated rings. The van der Waals surface area contributed by atoms with Crippen LogP contribution in [-0.4, -0.2) is 11.8 Å². The highest BCUT2D eigenvalue weighted by molar-refractivity contribution is 5.97. The molecule has 0 spiro atoms. The summed E-state index contributed by atoms with van der Waals surface area (Å²) in [5, 5.41) is 7.28. The number of benzene rings is 2. The Hall–Kier alpha value is -4.20. The molecule has 34 heavy (non-hydrogen) atoms. The normalized spacial score (nSPS) is 18.0. The van der Waals surface area contributed by atoms with E-state index in [0.717, 1.165) is 6.42 Å². The van der Waals surface area contributed by atoms with Crippen LogP contribution >= 0.6 is 0 Å². The van der Waals surface area contributed by atoms with Gasteiger partial charge in [-0.05, 0) is 67.8 Å². The van der Waals surface area contributed by atoms with E-state index in [1.807, 2.05) is 0 Å².